The number of aliphatic hydroxyl groups excluding tert-OH is 3. The molecule has 0 saturated carbocycles. The van der Waals surface area contributed by atoms with Crippen LogP contribution in [-0.4, -0.2) is 163 Å². The third-order valence-corrected chi connectivity index (χ3v) is 17.9. The molecule has 19 atom stereocenters. The van der Waals surface area contributed by atoms with Gasteiger partial charge in [0.15, 0.2) is 6.29 Å². The Morgan fingerprint density at radius 2 is 1.62 bits per heavy atom. The molecule has 0 radical (unpaired) electrons. The Kier molecular flexibility index (Phi) is 21.4. The maximum Gasteiger partial charge on any atom is 0.311 e. The minimum atomic E-state index is -1.77. The summed E-state index contributed by atoms with van der Waals surface area (Å²) >= 11 is 0. The number of piperidine rings is 1. The molecule has 0 aliphatic carbocycles. The lowest BCUT2D eigenvalue weighted by atomic mass is 9.75. The minimum absolute atomic E-state index is 0.0181. The number of alkyl halides is 1. The standard InChI is InChI=1S/C59H97FN6O10/c1-35-17-15-18-36(2)38(4)52(68)59(12,72)42(8)74-55(70)40(6)51(75-49-32-57(9,10)53(69)41(7)62-49)39(5)54(58(11,71)31-35)76-56-50(67)48(29-37(3)73-56)64(13)28-25-47-34-66(63-65(47)14)46(24-26-60)30-43-20-22-44(23-21-43)45-19-16-27-61-33-45/h16,19-23,27,33-42,46,48-54,56,62-63,67-69,71-72H,15,17-18,24-26,28-32H2,1-14H3/t35-,36?,37?,38?,39?,40?,41?,42?,46?,48?,49?,50?,51?,52?,53-,54?,56?,58?,59?/m1/s1. The van der Waals surface area contributed by atoms with Crippen LogP contribution in [0.5, 0.6) is 0 Å². The van der Waals surface area contributed by atoms with Crippen LogP contribution in [0.15, 0.2) is 60.7 Å². The fourth-order valence-corrected chi connectivity index (χ4v) is 12.5. The lowest BCUT2D eigenvalue weighted by Gasteiger charge is -2.49. The second-order valence-electron chi connectivity index (χ2n) is 24.9. The maximum absolute atomic E-state index is 14.5. The molecule has 2 aromatic rings. The zero-order valence-electron chi connectivity index (χ0n) is 48.2. The van der Waals surface area contributed by atoms with Crippen molar-refractivity contribution in [3.63, 3.8) is 0 Å². The number of hydrogen-bond donors (Lipinski definition) is 7. The Labute approximate surface area is 454 Å². The number of hydrazine groups is 2. The lowest BCUT2D eigenvalue weighted by molar-refractivity contribution is -0.302. The number of likely N-dealkylation sites (N-methyl/N-ethyl adjacent to an activating group) is 1. The molecular formula is C59H97FN6O10. The number of rotatable bonds is 14. The first-order valence-corrected chi connectivity index (χ1v) is 28.3. The number of pyridine rings is 1. The number of hydrogen-bond acceptors (Lipinski definition) is 16. The molecular weight excluding hydrogens is 972 g/mol. The largest absolute Gasteiger partial charge is 0.459 e. The van der Waals surface area contributed by atoms with Crippen molar-refractivity contribution in [1.29, 1.82) is 0 Å². The van der Waals surface area contributed by atoms with Gasteiger partial charge < -0.3 is 49.4 Å². The van der Waals surface area contributed by atoms with Gasteiger partial charge in [0, 0.05) is 62.3 Å². The molecule has 0 amide bonds. The zero-order chi connectivity index (χ0) is 56.0. The van der Waals surface area contributed by atoms with Crippen LogP contribution in [0.25, 0.3) is 11.1 Å². The summed E-state index contributed by atoms with van der Waals surface area (Å²) in [5, 5.41) is 67.2. The van der Waals surface area contributed by atoms with E-state index in [0.29, 0.717) is 45.1 Å². The molecule has 3 fully saturated rings. The zero-order valence-corrected chi connectivity index (χ0v) is 48.2. The summed E-state index contributed by atoms with van der Waals surface area (Å²) in [5.74, 6) is -2.63. The second-order valence-corrected chi connectivity index (χ2v) is 24.9. The number of nitrogens with zero attached hydrogens (tertiary/aromatic N) is 4. The molecule has 7 N–H and O–H groups in total. The molecule has 16 nitrogen and oxygen atoms in total. The van der Waals surface area contributed by atoms with E-state index < -0.39 is 96.3 Å². The van der Waals surface area contributed by atoms with Gasteiger partial charge in [-0.25, -0.2) is 0 Å². The molecule has 1 aromatic carbocycles. The van der Waals surface area contributed by atoms with Gasteiger partial charge in [0.05, 0.1) is 54.8 Å². The predicted molar refractivity (Wildman–Crippen MR) is 292 cm³/mol. The fraction of sp³-hybridized carbons (Fsp3) is 0.763. The van der Waals surface area contributed by atoms with Gasteiger partial charge >= 0.3 is 5.97 Å². The molecule has 0 bridgehead atoms. The van der Waals surface area contributed by atoms with Crippen molar-refractivity contribution in [3.05, 3.63) is 66.3 Å². The highest BCUT2D eigenvalue weighted by molar-refractivity contribution is 5.73. The average molecular weight is 1070 g/mol. The minimum Gasteiger partial charge on any atom is -0.459 e. The van der Waals surface area contributed by atoms with E-state index in [-0.39, 0.29) is 35.9 Å². The van der Waals surface area contributed by atoms with Gasteiger partial charge in [0.25, 0.3) is 0 Å². The average Bonchev–Trinajstić information content (AvgIpc) is 3.74. The number of esters is 1. The van der Waals surface area contributed by atoms with Crippen molar-refractivity contribution < 1.29 is 53.7 Å². The van der Waals surface area contributed by atoms with Crippen LogP contribution in [0.2, 0.25) is 0 Å². The Balaban J connectivity index is 1.23. The van der Waals surface area contributed by atoms with Crippen LogP contribution in [0.4, 0.5) is 4.39 Å². The molecule has 5 heterocycles. The first-order valence-electron chi connectivity index (χ1n) is 28.3. The first kappa shape index (κ1) is 61.9. The predicted octanol–water partition coefficient (Wildman–Crippen LogP) is 7.13. The molecule has 4 aliphatic heterocycles. The second kappa shape index (κ2) is 26.3. The number of ether oxygens (including phenoxy) is 4. The van der Waals surface area contributed by atoms with E-state index in [1.54, 1.807) is 27.0 Å². The van der Waals surface area contributed by atoms with Gasteiger partial charge in [-0.15, -0.1) is 5.53 Å². The molecule has 1 aromatic heterocycles. The third kappa shape index (κ3) is 15.1. The van der Waals surface area contributed by atoms with Crippen LogP contribution in [0, 0.1) is 35.0 Å². The van der Waals surface area contributed by atoms with E-state index in [1.165, 1.54) is 6.92 Å². The first-order chi connectivity index (χ1) is 35.6. The Bertz CT molecular complexity index is 2160. The number of halogens is 1. The summed E-state index contributed by atoms with van der Waals surface area (Å²) in [6.07, 6.45) is 2.64. The molecule has 6 rings (SSSR count). The number of carbonyl (C=O) groups excluding carboxylic acids is 1. The Morgan fingerprint density at radius 3 is 2.26 bits per heavy atom. The normalized spacial score (nSPS) is 38.9. The van der Waals surface area contributed by atoms with Crippen molar-refractivity contribution in [1.82, 2.24) is 30.8 Å². The number of aliphatic hydroxyl groups is 5. The number of benzene rings is 1. The van der Waals surface area contributed by atoms with Crippen LogP contribution in [0.1, 0.15) is 140 Å². The summed E-state index contributed by atoms with van der Waals surface area (Å²) in [4.78, 5) is 20.9. The Morgan fingerprint density at radius 1 is 0.921 bits per heavy atom. The van der Waals surface area contributed by atoms with Crippen molar-refractivity contribution in [2.45, 2.75) is 225 Å². The molecule has 0 spiro atoms. The third-order valence-electron chi connectivity index (χ3n) is 17.9. The number of cyclic esters (lactones) is 1. The van der Waals surface area contributed by atoms with E-state index in [4.69, 9.17) is 18.9 Å². The van der Waals surface area contributed by atoms with Gasteiger partial charge in [-0.05, 0) is 127 Å². The Hall–Kier alpha value is -3.33. The SMILES string of the molecule is CC1CC(N(C)CCC2=CN(C(CCF)Cc3ccc(-c4cccnc4)cc3)NN2C)C(O)C(OC2C(C)C(OC3CC(C)(C)[C@H](O)C(C)N3)C(C)C(=O)OC(C)C(C)(O)C(O)C(C)C(C)CCC[C@@H](C)CC2(C)O)O1. The van der Waals surface area contributed by atoms with E-state index in [2.05, 4.69) is 58.8 Å². The summed E-state index contributed by atoms with van der Waals surface area (Å²) in [6.45, 7) is 22.4. The molecule has 430 valence electrons. The molecule has 4 aliphatic rings. The van der Waals surface area contributed by atoms with Crippen LogP contribution < -0.4 is 10.9 Å². The number of carbonyl (C=O) groups is 1. The van der Waals surface area contributed by atoms with Gasteiger partial charge in [-0.2, -0.15) is 0 Å². The highest BCUT2D eigenvalue weighted by Crippen LogP contribution is 2.41. The van der Waals surface area contributed by atoms with E-state index in [0.717, 1.165) is 41.6 Å². The molecule has 17 unspecified atom stereocenters. The highest BCUT2D eigenvalue weighted by Gasteiger charge is 2.51. The quantitative estimate of drug-likeness (QED) is 0.0942. The monoisotopic (exact) mass is 1070 g/mol. The topological polar surface area (TPSA) is 202 Å². The summed E-state index contributed by atoms with van der Waals surface area (Å²) in [5.41, 5.74) is 3.78. The van der Waals surface area contributed by atoms with Gasteiger partial charge in [-0.1, -0.05) is 91.1 Å². The summed E-state index contributed by atoms with van der Waals surface area (Å²) < 4.78 is 40.7. The van der Waals surface area contributed by atoms with Crippen molar-refractivity contribution in [3.8, 4) is 11.1 Å². The summed E-state index contributed by atoms with van der Waals surface area (Å²) in [6, 6.07) is 11.4. The van der Waals surface area contributed by atoms with Crippen LogP contribution in [-0.2, 0) is 30.2 Å². The van der Waals surface area contributed by atoms with Crippen molar-refractivity contribution in [2.75, 3.05) is 27.3 Å². The van der Waals surface area contributed by atoms with Gasteiger partial charge in [-0.3, -0.25) is 29.5 Å². The molecule has 76 heavy (non-hydrogen) atoms. The van der Waals surface area contributed by atoms with Crippen molar-refractivity contribution >= 4 is 5.97 Å². The van der Waals surface area contributed by atoms with Crippen LogP contribution >= 0.6 is 0 Å². The fourth-order valence-electron chi connectivity index (χ4n) is 12.5. The van der Waals surface area contributed by atoms with E-state index in [1.807, 2.05) is 90.2 Å². The highest BCUT2D eigenvalue weighted by atomic mass is 19.1. The smallest absolute Gasteiger partial charge is 0.311 e. The summed E-state index contributed by atoms with van der Waals surface area (Å²) in [7, 11) is 3.93. The van der Waals surface area contributed by atoms with E-state index in [9.17, 15) is 34.7 Å². The van der Waals surface area contributed by atoms with Crippen LogP contribution in [0.3, 0.4) is 0 Å². The molecule has 3 saturated heterocycles. The lowest BCUT2D eigenvalue weighted by Crippen LogP contribution is -2.61. The van der Waals surface area contributed by atoms with E-state index >= 15 is 0 Å². The van der Waals surface area contributed by atoms with Gasteiger partial charge in [0.1, 0.15) is 24.0 Å². The van der Waals surface area contributed by atoms with Crippen molar-refractivity contribution in [2.24, 2.45) is 35.0 Å². The number of aromatic nitrogens is 1. The number of nitrogens with one attached hydrogen (secondary N) is 2. The molecule has 17 heteroatoms. The maximum atomic E-state index is 14.5. The van der Waals surface area contributed by atoms with Gasteiger partial charge in [0.2, 0.25) is 0 Å².